The van der Waals surface area contributed by atoms with Crippen LogP contribution in [0.4, 0.5) is 0 Å². The van der Waals surface area contributed by atoms with E-state index in [9.17, 15) is 4.57 Å². The molecule has 0 N–H and O–H groups in total. The van der Waals surface area contributed by atoms with Gasteiger partial charge in [-0.15, -0.1) is 0 Å². The van der Waals surface area contributed by atoms with Crippen molar-refractivity contribution in [2.75, 3.05) is 6.61 Å². The summed E-state index contributed by atoms with van der Waals surface area (Å²) in [6.45, 7) is 10.6. The first kappa shape index (κ1) is 18.7. The Kier molecular flexibility index (Phi) is 7.39. The number of rotatable bonds is 9. The van der Waals surface area contributed by atoms with Crippen molar-refractivity contribution >= 4 is 7.60 Å². The monoisotopic (exact) mass is 314 g/mol. The van der Waals surface area contributed by atoms with Gasteiger partial charge in [-0.25, -0.2) is 0 Å². The van der Waals surface area contributed by atoms with Crippen LogP contribution in [0.15, 0.2) is 23.0 Å². The third kappa shape index (κ3) is 4.81. The zero-order valence-electron chi connectivity index (χ0n) is 14.3. The lowest BCUT2D eigenvalue weighted by atomic mass is 9.95. The molecule has 0 aliphatic carbocycles. The highest BCUT2D eigenvalue weighted by atomic mass is 31.2. The van der Waals surface area contributed by atoms with E-state index in [2.05, 4.69) is 26.0 Å². The van der Waals surface area contributed by atoms with Crippen molar-refractivity contribution in [1.82, 2.24) is 0 Å². The third-order valence-electron chi connectivity index (χ3n) is 3.71. The van der Waals surface area contributed by atoms with Gasteiger partial charge in [-0.3, -0.25) is 9.09 Å². The Morgan fingerprint density at radius 3 is 2.43 bits per heavy atom. The lowest BCUT2D eigenvalue weighted by Crippen LogP contribution is -2.20. The van der Waals surface area contributed by atoms with Crippen molar-refractivity contribution < 1.29 is 13.6 Å². The minimum atomic E-state index is -3.11. The van der Waals surface area contributed by atoms with Crippen molar-refractivity contribution in [1.29, 1.82) is 0 Å². The van der Waals surface area contributed by atoms with Gasteiger partial charge in [0.25, 0.3) is 0 Å². The molecule has 0 saturated carbocycles. The standard InChI is InChI=1S/C17H31O3P/c1-6-9-11-12-13-15-16(14-10-7-2)21(18,19-8-3)20-17(15,4)5/h12-13H,6-11,14H2,1-5H3/b13-12+. The van der Waals surface area contributed by atoms with Crippen molar-refractivity contribution in [3.8, 4) is 0 Å². The van der Waals surface area contributed by atoms with Gasteiger partial charge in [-0.2, -0.15) is 0 Å². The molecular weight excluding hydrogens is 283 g/mol. The molecule has 1 aliphatic heterocycles. The lowest BCUT2D eigenvalue weighted by molar-refractivity contribution is 0.130. The molecule has 0 spiro atoms. The lowest BCUT2D eigenvalue weighted by Gasteiger charge is -2.21. The normalized spacial score (nSPS) is 25.2. The van der Waals surface area contributed by atoms with Crippen LogP contribution in [0.2, 0.25) is 0 Å². The average molecular weight is 314 g/mol. The highest BCUT2D eigenvalue weighted by Gasteiger charge is 2.47. The number of hydrogen-bond donors (Lipinski definition) is 0. The number of unbranched alkanes of at least 4 members (excludes halogenated alkanes) is 3. The summed E-state index contributed by atoms with van der Waals surface area (Å²) in [5.74, 6) is 0. The van der Waals surface area contributed by atoms with E-state index in [0.717, 1.165) is 36.6 Å². The van der Waals surface area contributed by atoms with Gasteiger partial charge >= 0.3 is 7.60 Å². The van der Waals surface area contributed by atoms with E-state index in [0.29, 0.717) is 6.61 Å². The molecule has 4 heteroatoms. The summed E-state index contributed by atoms with van der Waals surface area (Å²) in [6.07, 6.45) is 10.6. The van der Waals surface area contributed by atoms with Gasteiger partial charge in [-0.05, 0) is 45.6 Å². The Morgan fingerprint density at radius 2 is 1.86 bits per heavy atom. The van der Waals surface area contributed by atoms with Gasteiger partial charge in [0.2, 0.25) is 0 Å². The molecule has 1 atom stereocenters. The van der Waals surface area contributed by atoms with Crippen LogP contribution in [0, 0.1) is 0 Å². The molecule has 21 heavy (non-hydrogen) atoms. The van der Waals surface area contributed by atoms with E-state index < -0.39 is 13.2 Å². The summed E-state index contributed by atoms with van der Waals surface area (Å²) in [4.78, 5) is 0. The van der Waals surface area contributed by atoms with Crippen LogP contribution in [0.5, 0.6) is 0 Å². The topological polar surface area (TPSA) is 35.5 Å². The van der Waals surface area contributed by atoms with Crippen LogP contribution in [0.3, 0.4) is 0 Å². The molecule has 122 valence electrons. The van der Waals surface area contributed by atoms with Crippen molar-refractivity contribution in [3.63, 3.8) is 0 Å². The zero-order chi connectivity index (χ0) is 15.9. The molecule has 0 amide bonds. The summed E-state index contributed by atoms with van der Waals surface area (Å²) in [6, 6.07) is 0. The first-order valence-electron chi connectivity index (χ1n) is 8.27. The molecule has 0 aromatic carbocycles. The third-order valence-corrected chi connectivity index (χ3v) is 6.13. The van der Waals surface area contributed by atoms with Gasteiger partial charge in [0.05, 0.1) is 12.2 Å². The quantitative estimate of drug-likeness (QED) is 0.374. The van der Waals surface area contributed by atoms with Crippen molar-refractivity contribution in [2.24, 2.45) is 0 Å². The Labute approximate surface area is 130 Å². The van der Waals surface area contributed by atoms with Crippen LogP contribution in [-0.4, -0.2) is 12.2 Å². The van der Waals surface area contributed by atoms with E-state index >= 15 is 0 Å². The van der Waals surface area contributed by atoms with Crippen LogP contribution < -0.4 is 0 Å². The van der Waals surface area contributed by atoms with Crippen molar-refractivity contribution in [3.05, 3.63) is 23.0 Å². The SMILES string of the molecule is CCCC/C=C/C1=C(CCCC)P(=O)(OCC)OC1(C)C. The highest BCUT2D eigenvalue weighted by Crippen LogP contribution is 2.67. The highest BCUT2D eigenvalue weighted by molar-refractivity contribution is 7.58. The molecule has 0 saturated heterocycles. The number of allylic oxidation sites excluding steroid dienone is 2. The molecule has 0 aromatic rings. The average Bonchev–Trinajstić information content (AvgIpc) is 2.59. The second kappa shape index (κ2) is 8.31. The van der Waals surface area contributed by atoms with E-state index in [1.165, 1.54) is 12.8 Å². The maximum atomic E-state index is 13.0. The first-order valence-corrected chi connectivity index (χ1v) is 9.81. The summed E-state index contributed by atoms with van der Waals surface area (Å²) < 4.78 is 24.4. The minimum absolute atomic E-state index is 0.413. The second-order valence-electron chi connectivity index (χ2n) is 6.03. The van der Waals surface area contributed by atoms with E-state index in [1.54, 1.807) is 0 Å². The molecule has 0 bridgehead atoms. The summed E-state index contributed by atoms with van der Waals surface area (Å²) in [7, 11) is -3.11. The van der Waals surface area contributed by atoms with E-state index in [4.69, 9.17) is 9.05 Å². The number of hydrogen-bond acceptors (Lipinski definition) is 3. The second-order valence-corrected chi connectivity index (χ2v) is 8.00. The smallest absolute Gasteiger partial charge is 0.306 e. The maximum absolute atomic E-state index is 13.0. The van der Waals surface area contributed by atoms with Gasteiger partial charge in [-0.1, -0.05) is 45.3 Å². The molecule has 0 fully saturated rings. The van der Waals surface area contributed by atoms with Crippen LogP contribution in [0.1, 0.15) is 73.1 Å². The predicted octanol–water partition coefficient (Wildman–Crippen LogP) is 6.22. The van der Waals surface area contributed by atoms with Gasteiger partial charge < -0.3 is 4.52 Å². The molecule has 1 heterocycles. The maximum Gasteiger partial charge on any atom is 0.358 e. The van der Waals surface area contributed by atoms with Gasteiger partial charge in [0, 0.05) is 5.31 Å². The molecular formula is C17H31O3P. The summed E-state index contributed by atoms with van der Waals surface area (Å²) in [5, 5.41) is 0.893. The minimum Gasteiger partial charge on any atom is -0.306 e. The van der Waals surface area contributed by atoms with Crippen LogP contribution >= 0.6 is 7.60 Å². The van der Waals surface area contributed by atoms with E-state index in [-0.39, 0.29) is 0 Å². The van der Waals surface area contributed by atoms with Crippen LogP contribution in [0.25, 0.3) is 0 Å². The van der Waals surface area contributed by atoms with E-state index in [1.807, 2.05) is 20.8 Å². The molecule has 1 unspecified atom stereocenters. The molecule has 3 nitrogen and oxygen atoms in total. The first-order chi connectivity index (χ1) is 9.91. The zero-order valence-corrected chi connectivity index (χ0v) is 15.2. The Balaban J connectivity index is 3.10. The van der Waals surface area contributed by atoms with Gasteiger partial charge in [0.1, 0.15) is 0 Å². The largest absolute Gasteiger partial charge is 0.358 e. The molecule has 0 aromatic heterocycles. The molecule has 1 rings (SSSR count). The van der Waals surface area contributed by atoms with Gasteiger partial charge in [0.15, 0.2) is 0 Å². The Morgan fingerprint density at radius 1 is 1.19 bits per heavy atom. The van der Waals surface area contributed by atoms with Crippen molar-refractivity contribution in [2.45, 2.75) is 78.7 Å². The molecule has 0 radical (unpaired) electrons. The fourth-order valence-corrected chi connectivity index (χ4v) is 5.04. The summed E-state index contributed by atoms with van der Waals surface area (Å²) >= 11 is 0. The molecule has 1 aliphatic rings. The van der Waals surface area contributed by atoms with Crippen LogP contribution in [-0.2, 0) is 13.6 Å². The fourth-order valence-electron chi connectivity index (χ4n) is 2.61. The Bertz CT molecular complexity index is 435. The fraction of sp³-hybridized carbons (Fsp3) is 0.765. The summed E-state index contributed by atoms with van der Waals surface area (Å²) in [5.41, 5.74) is 0.528. The predicted molar refractivity (Wildman–Crippen MR) is 89.6 cm³/mol. The Hall–Kier alpha value is -0.370.